The van der Waals surface area contributed by atoms with Crippen molar-refractivity contribution >= 4 is 57.4 Å². The van der Waals surface area contributed by atoms with Crippen LogP contribution in [-0.4, -0.2) is 41.8 Å². The number of halogens is 2. The normalized spacial score (nSPS) is 13.2. The van der Waals surface area contributed by atoms with Crippen LogP contribution in [0, 0.1) is 0 Å². The summed E-state index contributed by atoms with van der Waals surface area (Å²) in [4.78, 5) is 43.2. The SMILES string of the molecule is CCCCNC(=O)[C@H](CC)N(Cc1c(Cl)cccc1Cl)C(=O)CN1C(=O)c2cccc3cccc1c23. The first-order chi connectivity index (χ1) is 17.4. The Kier molecular flexibility index (Phi) is 8.17. The number of unbranched alkanes of at least 4 members (excludes halogenated alkanes) is 1. The molecule has 0 radical (unpaired) electrons. The molecule has 3 aromatic rings. The summed E-state index contributed by atoms with van der Waals surface area (Å²) in [5.41, 5.74) is 1.82. The highest BCUT2D eigenvalue weighted by atomic mass is 35.5. The highest BCUT2D eigenvalue weighted by Crippen LogP contribution is 2.37. The zero-order valence-corrected chi connectivity index (χ0v) is 21.9. The summed E-state index contributed by atoms with van der Waals surface area (Å²) in [6.45, 7) is 4.28. The Balaban J connectivity index is 1.66. The molecule has 1 heterocycles. The lowest BCUT2D eigenvalue weighted by Crippen LogP contribution is -2.52. The van der Waals surface area contributed by atoms with Gasteiger partial charge in [-0.25, -0.2) is 0 Å². The first-order valence-corrected chi connectivity index (χ1v) is 13.0. The molecule has 0 fully saturated rings. The Hall–Kier alpha value is -3.09. The largest absolute Gasteiger partial charge is 0.354 e. The topological polar surface area (TPSA) is 69.7 Å². The number of carbonyl (C=O) groups excluding carboxylic acids is 3. The standard InChI is InChI=1S/C28H29Cl2N3O3/c1-3-5-15-31-27(35)23(4-2)32(16-20-21(29)12-8-13-22(20)30)25(34)17-33-24-14-7-10-18-9-6-11-19(26(18)24)28(33)36/h6-14,23H,3-5,15-17H2,1-2H3,(H,31,35)/t23-/m0/s1. The zero-order valence-electron chi connectivity index (χ0n) is 20.4. The lowest BCUT2D eigenvalue weighted by molar-refractivity contribution is -0.140. The molecule has 6 nitrogen and oxygen atoms in total. The molecule has 8 heteroatoms. The molecule has 188 valence electrons. The average Bonchev–Trinajstić information content (AvgIpc) is 3.13. The molecule has 3 amide bonds. The van der Waals surface area contributed by atoms with Crippen molar-refractivity contribution < 1.29 is 14.4 Å². The van der Waals surface area contributed by atoms with Crippen LogP contribution < -0.4 is 10.2 Å². The Morgan fingerprint density at radius 1 is 1.00 bits per heavy atom. The van der Waals surface area contributed by atoms with Gasteiger partial charge in [0.05, 0.1) is 5.69 Å². The minimum Gasteiger partial charge on any atom is -0.354 e. The van der Waals surface area contributed by atoms with Crippen molar-refractivity contribution in [2.75, 3.05) is 18.0 Å². The van der Waals surface area contributed by atoms with Gasteiger partial charge in [0.15, 0.2) is 0 Å². The van der Waals surface area contributed by atoms with Crippen LogP contribution in [0.25, 0.3) is 10.8 Å². The van der Waals surface area contributed by atoms with Crippen molar-refractivity contribution in [3.05, 3.63) is 75.8 Å². The molecule has 0 aliphatic carbocycles. The van der Waals surface area contributed by atoms with Gasteiger partial charge in [-0.05, 0) is 42.5 Å². The molecule has 1 atom stereocenters. The minimum absolute atomic E-state index is 0.0518. The van der Waals surface area contributed by atoms with Gasteiger partial charge in [0.1, 0.15) is 12.6 Å². The fourth-order valence-electron chi connectivity index (χ4n) is 4.64. The van der Waals surface area contributed by atoms with Gasteiger partial charge in [-0.15, -0.1) is 0 Å². The summed E-state index contributed by atoms with van der Waals surface area (Å²) in [6, 6.07) is 15.6. The van der Waals surface area contributed by atoms with E-state index in [1.54, 1.807) is 24.3 Å². The maximum Gasteiger partial charge on any atom is 0.259 e. The molecule has 4 rings (SSSR count). The number of hydrogen-bond acceptors (Lipinski definition) is 3. The Bertz CT molecular complexity index is 1280. The average molecular weight is 526 g/mol. The molecule has 0 saturated heterocycles. The molecule has 0 aromatic heterocycles. The Morgan fingerprint density at radius 3 is 2.33 bits per heavy atom. The number of rotatable bonds is 10. The first kappa shape index (κ1) is 26.0. The van der Waals surface area contributed by atoms with Crippen molar-refractivity contribution in [3.8, 4) is 0 Å². The molecule has 1 aliphatic rings. The number of benzene rings is 3. The number of anilines is 1. The van der Waals surface area contributed by atoms with E-state index < -0.39 is 6.04 Å². The second kappa shape index (κ2) is 11.3. The van der Waals surface area contributed by atoms with E-state index in [9.17, 15) is 14.4 Å². The fourth-order valence-corrected chi connectivity index (χ4v) is 5.16. The molecule has 36 heavy (non-hydrogen) atoms. The third kappa shape index (κ3) is 5.06. The molecule has 1 aliphatic heterocycles. The summed E-state index contributed by atoms with van der Waals surface area (Å²) >= 11 is 12.9. The van der Waals surface area contributed by atoms with E-state index in [0.29, 0.717) is 39.8 Å². The summed E-state index contributed by atoms with van der Waals surface area (Å²) in [5.74, 6) is -0.825. The first-order valence-electron chi connectivity index (χ1n) is 12.2. The van der Waals surface area contributed by atoms with E-state index in [0.717, 1.165) is 23.6 Å². The number of amides is 3. The maximum absolute atomic E-state index is 13.8. The molecular formula is C28H29Cl2N3O3. The van der Waals surface area contributed by atoms with Gasteiger partial charge >= 0.3 is 0 Å². The van der Waals surface area contributed by atoms with Gasteiger partial charge < -0.3 is 10.2 Å². The van der Waals surface area contributed by atoms with Crippen LogP contribution in [0.2, 0.25) is 10.0 Å². The highest BCUT2D eigenvalue weighted by molar-refractivity contribution is 6.36. The van der Waals surface area contributed by atoms with Gasteiger partial charge in [-0.2, -0.15) is 0 Å². The predicted molar refractivity (Wildman–Crippen MR) is 145 cm³/mol. The third-order valence-corrected chi connectivity index (χ3v) is 7.26. The van der Waals surface area contributed by atoms with Gasteiger partial charge in [0, 0.05) is 39.6 Å². The van der Waals surface area contributed by atoms with Gasteiger partial charge in [-0.1, -0.05) is 73.8 Å². The van der Waals surface area contributed by atoms with Gasteiger partial charge in [0.25, 0.3) is 5.91 Å². The zero-order chi connectivity index (χ0) is 25.8. The Labute approximate surface area is 221 Å². The number of nitrogens with zero attached hydrogens (tertiary/aromatic N) is 2. The van der Waals surface area contributed by atoms with E-state index in [2.05, 4.69) is 5.32 Å². The van der Waals surface area contributed by atoms with Crippen LogP contribution in [0.15, 0.2) is 54.6 Å². The van der Waals surface area contributed by atoms with Crippen molar-refractivity contribution in [2.45, 2.75) is 45.7 Å². The summed E-state index contributed by atoms with van der Waals surface area (Å²) < 4.78 is 0. The van der Waals surface area contributed by atoms with Crippen LogP contribution in [0.3, 0.4) is 0 Å². The molecule has 1 N–H and O–H groups in total. The molecule has 0 unspecified atom stereocenters. The van der Waals surface area contributed by atoms with Crippen molar-refractivity contribution in [1.29, 1.82) is 0 Å². The quantitative estimate of drug-likeness (QED) is 0.338. The van der Waals surface area contributed by atoms with Crippen molar-refractivity contribution in [2.24, 2.45) is 0 Å². The van der Waals surface area contributed by atoms with E-state index in [-0.39, 0.29) is 30.8 Å². The second-order valence-electron chi connectivity index (χ2n) is 8.86. The fraction of sp³-hybridized carbons (Fsp3) is 0.321. The number of hydrogen-bond donors (Lipinski definition) is 1. The summed E-state index contributed by atoms with van der Waals surface area (Å²) in [6.07, 6.45) is 2.19. The lowest BCUT2D eigenvalue weighted by Gasteiger charge is -2.32. The molecule has 0 saturated carbocycles. The van der Waals surface area contributed by atoms with E-state index in [1.807, 2.05) is 44.2 Å². The minimum atomic E-state index is -0.738. The molecule has 0 spiro atoms. The van der Waals surface area contributed by atoms with Crippen LogP contribution in [0.5, 0.6) is 0 Å². The van der Waals surface area contributed by atoms with E-state index >= 15 is 0 Å². The number of nitrogens with one attached hydrogen (secondary N) is 1. The maximum atomic E-state index is 13.8. The van der Waals surface area contributed by atoms with Gasteiger partial charge in [0.2, 0.25) is 11.8 Å². The van der Waals surface area contributed by atoms with Crippen LogP contribution >= 0.6 is 23.2 Å². The molecule has 3 aromatic carbocycles. The second-order valence-corrected chi connectivity index (χ2v) is 9.68. The van der Waals surface area contributed by atoms with E-state index in [1.165, 1.54) is 9.80 Å². The monoisotopic (exact) mass is 525 g/mol. The summed E-state index contributed by atoms with van der Waals surface area (Å²) in [7, 11) is 0. The smallest absolute Gasteiger partial charge is 0.259 e. The van der Waals surface area contributed by atoms with E-state index in [4.69, 9.17) is 23.2 Å². The Morgan fingerprint density at radius 2 is 1.67 bits per heavy atom. The van der Waals surface area contributed by atoms with Crippen LogP contribution in [0.4, 0.5) is 5.69 Å². The molecule has 0 bridgehead atoms. The summed E-state index contributed by atoms with van der Waals surface area (Å²) in [5, 5.41) is 5.54. The lowest BCUT2D eigenvalue weighted by atomic mass is 10.1. The highest BCUT2D eigenvalue weighted by Gasteiger charge is 2.35. The van der Waals surface area contributed by atoms with Gasteiger partial charge in [-0.3, -0.25) is 19.3 Å². The van der Waals surface area contributed by atoms with Crippen LogP contribution in [-0.2, 0) is 16.1 Å². The van der Waals surface area contributed by atoms with Crippen molar-refractivity contribution in [1.82, 2.24) is 10.2 Å². The molecular weight excluding hydrogens is 497 g/mol. The predicted octanol–water partition coefficient (Wildman–Crippen LogP) is 5.83. The van der Waals surface area contributed by atoms with Crippen molar-refractivity contribution in [3.63, 3.8) is 0 Å². The number of carbonyl (C=O) groups is 3. The van der Waals surface area contributed by atoms with Crippen LogP contribution in [0.1, 0.15) is 49.0 Å². The third-order valence-electron chi connectivity index (χ3n) is 6.55.